The molecule has 15 heavy (non-hydrogen) atoms. The Morgan fingerprint density at radius 1 is 1.47 bits per heavy atom. The smallest absolute Gasteiger partial charge is 0.325 e. The van der Waals surface area contributed by atoms with Crippen molar-refractivity contribution in [2.45, 2.75) is 50.3 Å². The van der Waals surface area contributed by atoms with Crippen molar-refractivity contribution in [2.24, 2.45) is 5.11 Å². The number of thiol groups is 1. The van der Waals surface area contributed by atoms with Crippen LogP contribution in [0.2, 0.25) is 0 Å². The Labute approximate surface area is 94.9 Å². The highest BCUT2D eigenvalue weighted by molar-refractivity contribution is 7.82. The van der Waals surface area contributed by atoms with Gasteiger partial charge < -0.3 is 5.11 Å². The number of azide groups is 1. The Kier molecular flexibility index (Phi) is 6.99. The second-order valence-corrected chi connectivity index (χ2v) is 4.22. The fourth-order valence-electron chi connectivity index (χ4n) is 1.25. The van der Waals surface area contributed by atoms with Gasteiger partial charge in [-0.15, -0.1) is 0 Å². The fraction of sp³-hybridized carbons (Fsp3) is 0.889. The molecule has 0 aromatic rings. The van der Waals surface area contributed by atoms with Crippen LogP contribution >= 0.6 is 12.6 Å². The molecular formula is C9H17N3O2S. The number of hydrogen-bond acceptors (Lipinski definition) is 3. The summed E-state index contributed by atoms with van der Waals surface area (Å²) in [5.74, 6) is -1.18. The van der Waals surface area contributed by atoms with Gasteiger partial charge in [-0.25, -0.2) is 0 Å². The van der Waals surface area contributed by atoms with E-state index in [-0.39, 0.29) is 6.42 Å². The molecule has 0 aromatic heterocycles. The van der Waals surface area contributed by atoms with Crippen LogP contribution in [0.3, 0.4) is 0 Å². The number of unbranched alkanes of at least 4 members (excludes halogenated alkanes) is 4. The van der Waals surface area contributed by atoms with E-state index in [1.165, 1.54) is 0 Å². The van der Waals surface area contributed by atoms with Crippen LogP contribution in [0.15, 0.2) is 5.11 Å². The van der Waals surface area contributed by atoms with E-state index in [2.05, 4.69) is 29.6 Å². The Morgan fingerprint density at radius 3 is 2.53 bits per heavy atom. The molecule has 0 aromatic carbocycles. The highest BCUT2D eigenvalue weighted by Crippen LogP contribution is 2.25. The van der Waals surface area contributed by atoms with Gasteiger partial charge in [0.2, 0.25) is 0 Å². The third-order valence-corrected chi connectivity index (χ3v) is 2.69. The third-order valence-electron chi connectivity index (χ3n) is 2.18. The first-order valence-electron chi connectivity index (χ1n) is 5.09. The third kappa shape index (κ3) is 5.54. The van der Waals surface area contributed by atoms with Crippen molar-refractivity contribution < 1.29 is 9.90 Å². The van der Waals surface area contributed by atoms with Gasteiger partial charge in [-0.3, -0.25) is 4.79 Å². The van der Waals surface area contributed by atoms with E-state index in [0.717, 1.165) is 32.1 Å². The first-order chi connectivity index (χ1) is 7.06. The van der Waals surface area contributed by atoms with Crippen molar-refractivity contribution in [2.75, 3.05) is 0 Å². The summed E-state index contributed by atoms with van der Waals surface area (Å²) in [4.78, 5) is 11.7. The number of hydrogen-bond donors (Lipinski definition) is 2. The van der Waals surface area contributed by atoms with Gasteiger partial charge in [0, 0.05) is 4.91 Å². The van der Waals surface area contributed by atoms with E-state index in [0.29, 0.717) is 0 Å². The van der Waals surface area contributed by atoms with Gasteiger partial charge in [-0.05, 0) is 12.0 Å². The maximum atomic E-state index is 10.8. The second kappa shape index (κ2) is 7.43. The number of rotatable bonds is 8. The highest BCUT2D eigenvalue weighted by atomic mass is 32.1. The number of carboxylic acid groups (broad SMARTS) is 1. The highest BCUT2D eigenvalue weighted by Gasteiger charge is 2.32. The normalized spacial score (nSPS) is 14.0. The molecular weight excluding hydrogens is 214 g/mol. The Bertz CT molecular complexity index is 250. The van der Waals surface area contributed by atoms with E-state index < -0.39 is 10.8 Å². The molecule has 0 aliphatic carbocycles. The quantitative estimate of drug-likeness (QED) is 0.220. The minimum Gasteiger partial charge on any atom is -0.480 e. The fourth-order valence-corrected chi connectivity index (χ4v) is 1.45. The Morgan fingerprint density at radius 2 is 2.07 bits per heavy atom. The molecule has 0 rings (SSSR count). The molecule has 0 amide bonds. The maximum absolute atomic E-state index is 10.8. The lowest BCUT2D eigenvalue weighted by molar-refractivity contribution is -0.139. The predicted octanol–water partition coefficient (Wildman–Crippen LogP) is 3.37. The lowest BCUT2D eigenvalue weighted by atomic mass is 10.1. The topological polar surface area (TPSA) is 86.1 Å². The van der Waals surface area contributed by atoms with Crippen molar-refractivity contribution in [3.63, 3.8) is 0 Å². The van der Waals surface area contributed by atoms with E-state index in [1.807, 2.05) is 0 Å². The van der Waals surface area contributed by atoms with Crippen molar-refractivity contribution in [3.8, 4) is 0 Å². The summed E-state index contributed by atoms with van der Waals surface area (Å²) in [5, 5.41) is 12.0. The van der Waals surface area contributed by atoms with Crippen LogP contribution in [0, 0.1) is 0 Å². The van der Waals surface area contributed by atoms with Crippen LogP contribution in [-0.4, -0.2) is 15.9 Å². The van der Waals surface area contributed by atoms with Gasteiger partial charge in [0.25, 0.3) is 0 Å². The van der Waals surface area contributed by atoms with Crippen LogP contribution in [0.5, 0.6) is 0 Å². The van der Waals surface area contributed by atoms with Crippen LogP contribution in [0.4, 0.5) is 0 Å². The zero-order valence-electron chi connectivity index (χ0n) is 8.89. The predicted molar refractivity (Wildman–Crippen MR) is 61.9 cm³/mol. The molecule has 1 atom stereocenters. The zero-order valence-corrected chi connectivity index (χ0v) is 9.78. The zero-order chi connectivity index (χ0) is 11.7. The molecule has 0 heterocycles. The summed E-state index contributed by atoms with van der Waals surface area (Å²) < 4.78 is 0. The molecule has 6 heteroatoms. The van der Waals surface area contributed by atoms with Gasteiger partial charge in [0.05, 0.1) is 0 Å². The summed E-state index contributed by atoms with van der Waals surface area (Å²) in [5.41, 5.74) is 8.24. The van der Waals surface area contributed by atoms with Crippen LogP contribution < -0.4 is 0 Å². The number of carboxylic acids is 1. The SMILES string of the molecule is CCCCCCCC(S)(N=[N+]=[N-])C(=O)O. The van der Waals surface area contributed by atoms with Crippen LogP contribution in [0.25, 0.3) is 10.4 Å². The van der Waals surface area contributed by atoms with Gasteiger partial charge in [0.15, 0.2) is 4.87 Å². The molecule has 0 fully saturated rings. The van der Waals surface area contributed by atoms with Crippen molar-refractivity contribution in [1.82, 2.24) is 0 Å². The molecule has 1 N–H and O–H groups in total. The van der Waals surface area contributed by atoms with Gasteiger partial charge in [-0.1, -0.05) is 44.1 Å². The molecule has 0 aliphatic heterocycles. The van der Waals surface area contributed by atoms with Crippen LogP contribution in [-0.2, 0) is 4.79 Å². The summed E-state index contributed by atoms with van der Waals surface area (Å²) in [6.45, 7) is 2.11. The van der Waals surface area contributed by atoms with E-state index in [1.54, 1.807) is 0 Å². The number of carbonyl (C=O) groups is 1. The Hall–Kier alpha value is -0.870. The lowest BCUT2D eigenvalue weighted by Crippen LogP contribution is -2.29. The molecule has 0 aliphatic rings. The Balaban J connectivity index is 3.98. The van der Waals surface area contributed by atoms with E-state index in [4.69, 9.17) is 10.6 Å². The molecule has 5 nitrogen and oxygen atoms in total. The number of aliphatic carboxylic acids is 1. The van der Waals surface area contributed by atoms with Crippen molar-refractivity contribution in [1.29, 1.82) is 0 Å². The van der Waals surface area contributed by atoms with Gasteiger partial charge in [-0.2, -0.15) is 12.6 Å². The van der Waals surface area contributed by atoms with Crippen molar-refractivity contribution >= 4 is 18.6 Å². The number of nitrogens with zero attached hydrogens (tertiary/aromatic N) is 3. The minimum absolute atomic E-state index is 0.277. The average Bonchev–Trinajstić information content (AvgIpc) is 2.18. The summed E-state index contributed by atoms with van der Waals surface area (Å²) >= 11 is 3.90. The van der Waals surface area contributed by atoms with Crippen LogP contribution in [0.1, 0.15) is 45.4 Å². The molecule has 0 saturated heterocycles. The van der Waals surface area contributed by atoms with Crippen molar-refractivity contribution in [3.05, 3.63) is 10.4 Å². The summed E-state index contributed by atoms with van der Waals surface area (Å²) in [6, 6.07) is 0. The largest absolute Gasteiger partial charge is 0.480 e. The minimum atomic E-state index is -1.58. The first kappa shape index (κ1) is 14.1. The molecule has 1 unspecified atom stereocenters. The molecule has 0 spiro atoms. The standard InChI is InChI=1S/C9H17N3O2S/c1-2-3-4-5-6-7-9(15,8(13)14)11-12-10/h15H,2-7H2,1H3,(H,13,14). The first-order valence-corrected chi connectivity index (χ1v) is 5.53. The average molecular weight is 231 g/mol. The molecule has 86 valence electrons. The lowest BCUT2D eigenvalue weighted by Gasteiger charge is -2.16. The molecule has 0 bridgehead atoms. The summed E-state index contributed by atoms with van der Waals surface area (Å²) in [7, 11) is 0. The van der Waals surface area contributed by atoms with Gasteiger partial charge >= 0.3 is 5.97 Å². The summed E-state index contributed by atoms with van der Waals surface area (Å²) in [6.07, 6.45) is 5.31. The molecule has 0 saturated carbocycles. The van der Waals surface area contributed by atoms with E-state index in [9.17, 15) is 4.79 Å². The molecule has 0 radical (unpaired) electrons. The maximum Gasteiger partial charge on any atom is 0.325 e. The van der Waals surface area contributed by atoms with E-state index >= 15 is 0 Å². The monoisotopic (exact) mass is 231 g/mol. The van der Waals surface area contributed by atoms with Gasteiger partial charge in [0.1, 0.15) is 0 Å². The second-order valence-electron chi connectivity index (χ2n) is 3.48.